The molecule has 0 bridgehead atoms. The monoisotopic (exact) mass is 243 g/mol. The summed E-state index contributed by atoms with van der Waals surface area (Å²) in [7, 11) is 0. The molecule has 5 heteroatoms. The molecule has 1 aromatic carbocycles. The topological polar surface area (TPSA) is 78.0 Å². The molecule has 1 aromatic heterocycles. The van der Waals surface area contributed by atoms with Gasteiger partial charge in [-0.1, -0.05) is 6.07 Å². The summed E-state index contributed by atoms with van der Waals surface area (Å²) in [6.07, 6.45) is 2.65. The Morgan fingerprint density at radius 2 is 2.22 bits per heavy atom. The lowest BCUT2D eigenvalue weighted by Crippen LogP contribution is -2.16. The molecule has 0 radical (unpaired) electrons. The lowest BCUT2D eigenvalue weighted by atomic mass is 10.2. The molecule has 1 aliphatic rings. The number of fused-ring (bicyclic) bond motifs is 1. The fourth-order valence-corrected chi connectivity index (χ4v) is 2.22. The highest BCUT2D eigenvalue weighted by Crippen LogP contribution is 2.20. The molecule has 0 saturated carbocycles. The van der Waals surface area contributed by atoms with Crippen molar-refractivity contribution in [2.24, 2.45) is 0 Å². The third-order valence-electron chi connectivity index (χ3n) is 3.05. The van der Waals surface area contributed by atoms with Crippen LogP contribution in [0.1, 0.15) is 17.7 Å². The van der Waals surface area contributed by atoms with Crippen LogP contribution in [0.2, 0.25) is 0 Å². The summed E-state index contributed by atoms with van der Waals surface area (Å²) in [4.78, 5) is 18.9. The minimum atomic E-state index is -0.0693. The minimum absolute atomic E-state index is 0.0693. The second-order valence-corrected chi connectivity index (χ2v) is 4.37. The molecule has 1 heterocycles. The first-order valence-corrected chi connectivity index (χ1v) is 5.90. The van der Waals surface area contributed by atoms with Crippen LogP contribution in [0.4, 0.5) is 11.6 Å². The quantitative estimate of drug-likeness (QED) is 0.750. The summed E-state index contributed by atoms with van der Waals surface area (Å²) < 4.78 is 0. The zero-order valence-corrected chi connectivity index (χ0v) is 9.73. The number of phenolic OH excluding ortho intramolecular Hbond substituents is 1. The molecule has 2 aromatic rings. The average Bonchev–Trinajstić information content (AvgIpc) is 2.77. The fourth-order valence-electron chi connectivity index (χ4n) is 2.22. The van der Waals surface area contributed by atoms with Crippen molar-refractivity contribution in [3.8, 4) is 5.75 Å². The Kier molecular flexibility index (Phi) is 2.51. The summed E-state index contributed by atoms with van der Waals surface area (Å²) in [6.45, 7) is 0. The molecule has 0 unspecified atom stereocenters. The van der Waals surface area contributed by atoms with E-state index in [4.69, 9.17) is 0 Å². The van der Waals surface area contributed by atoms with Crippen LogP contribution in [0.3, 0.4) is 0 Å². The maximum absolute atomic E-state index is 11.8. The summed E-state index contributed by atoms with van der Waals surface area (Å²) in [5, 5.41) is 12.4. The van der Waals surface area contributed by atoms with Crippen molar-refractivity contribution < 1.29 is 5.11 Å². The Bertz CT molecular complexity index is 649. The lowest BCUT2D eigenvalue weighted by Gasteiger charge is -2.07. The molecule has 0 aliphatic heterocycles. The number of phenols is 1. The van der Waals surface area contributed by atoms with Crippen LogP contribution in [-0.2, 0) is 12.8 Å². The van der Waals surface area contributed by atoms with E-state index in [0.29, 0.717) is 11.6 Å². The van der Waals surface area contributed by atoms with Crippen LogP contribution < -0.4 is 10.9 Å². The summed E-state index contributed by atoms with van der Waals surface area (Å²) in [6, 6.07) is 6.69. The SMILES string of the molecule is O=c1[nH]c(Nc2cccc(O)c2)nc2c1CCC2. The van der Waals surface area contributed by atoms with E-state index in [1.54, 1.807) is 24.3 Å². The molecule has 3 rings (SSSR count). The standard InChI is InChI=1S/C13H13N3O2/c17-9-4-1-3-8(7-9)14-13-15-11-6-2-5-10(11)12(18)16-13/h1,3-4,7,17H,2,5-6H2,(H2,14,15,16,18). The number of aryl methyl sites for hydroxylation is 1. The number of rotatable bonds is 2. The number of aromatic amines is 1. The largest absolute Gasteiger partial charge is 0.508 e. The Balaban J connectivity index is 1.94. The minimum Gasteiger partial charge on any atom is -0.508 e. The van der Waals surface area contributed by atoms with Crippen molar-refractivity contribution in [1.82, 2.24) is 9.97 Å². The summed E-state index contributed by atoms with van der Waals surface area (Å²) in [5.41, 5.74) is 2.30. The Labute approximate surface area is 104 Å². The number of hydrogen-bond acceptors (Lipinski definition) is 4. The van der Waals surface area contributed by atoms with Crippen LogP contribution in [0.25, 0.3) is 0 Å². The lowest BCUT2D eigenvalue weighted by molar-refractivity contribution is 0.475. The summed E-state index contributed by atoms with van der Waals surface area (Å²) >= 11 is 0. The number of nitrogens with zero attached hydrogens (tertiary/aromatic N) is 1. The van der Waals surface area contributed by atoms with Crippen LogP contribution in [0.5, 0.6) is 5.75 Å². The predicted octanol–water partition coefficient (Wildman–Crippen LogP) is 1.71. The van der Waals surface area contributed by atoms with Gasteiger partial charge in [-0.25, -0.2) is 4.98 Å². The Morgan fingerprint density at radius 3 is 3.06 bits per heavy atom. The van der Waals surface area contributed by atoms with Crippen LogP contribution in [0.15, 0.2) is 29.1 Å². The van der Waals surface area contributed by atoms with E-state index < -0.39 is 0 Å². The molecule has 0 atom stereocenters. The second-order valence-electron chi connectivity index (χ2n) is 4.37. The number of hydrogen-bond donors (Lipinski definition) is 3. The maximum Gasteiger partial charge on any atom is 0.255 e. The summed E-state index contributed by atoms with van der Waals surface area (Å²) in [5.74, 6) is 0.592. The molecular formula is C13H13N3O2. The maximum atomic E-state index is 11.8. The van der Waals surface area contributed by atoms with Crippen molar-refractivity contribution in [2.45, 2.75) is 19.3 Å². The van der Waals surface area contributed by atoms with E-state index >= 15 is 0 Å². The number of benzene rings is 1. The number of aromatic nitrogens is 2. The van der Waals surface area contributed by atoms with Crippen LogP contribution in [-0.4, -0.2) is 15.1 Å². The number of anilines is 2. The third kappa shape index (κ3) is 1.95. The van der Waals surface area contributed by atoms with Gasteiger partial charge in [0.05, 0.1) is 5.69 Å². The van der Waals surface area contributed by atoms with Gasteiger partial charge in [-0.3, -0.25) is 9.78 Å². The van der Waals surface area contributed by atoms with Gasteiger partial charge in [0.15, 0.2) is 0 Å². The molecule has 0 saturated heterocycles. The first-order valence-electron chi connectivity index (χ1n) is 5.90. The van der Waals surface area contributed by atoms with Crippen molar-refractivity contribution in [1.29, 1.82) is 0 Å². The Hall–Kier alpha value is -2.30. The molecule has 18 heavy (non-hydrogen) atoms. The van der Waals surface area contributed by atoms with Crippen LogP contribution >= 0.6 is 0 Å². The zero-order chi connectivity index (χ0) is 12.5. The normalized spacial score (nSPS) is 13.3. The number of nitrogens with one attached hydrogen (secondary N) is 2. The molecule has 92 valence electrons. The highest BCUT2D eigenvalue weighted by Gasteiger charge is 2.16. The molecule has 3 N–H and O–H groups in total. The van der Waals surface area contributed by atoms with Crippen molar-refractivity contribution >= 4 is 11.6 Å². The van der Waals surface area contributed by atoms with E-state index in [0.717, 1.165) is 30.5 Å². The van der Waals surface area contributed by atoms with Gasteiger partial charge in [0.2, 0.25) is 5.95 Å². The van der Waals surface area contributed by atoms with E-state index in [2.05, 4.69) is 15.3 Å². The van der Waals surface area contributed by atoms with E-state index in [9.17, 15) is 9.90 Å². The van der Waals surface area contributed by atoms with Gasteiger partial charge in [-0.05, 0) is 31.4 Å². The van der Waals surface area contributed by atoms with Gasteiger partial charge in [-0.2, -0.15) is 0 Å². The van der Waals surface area contributed by atoms with Gasteiger partial charge in [0.1, 0.15) is 5.75 Å². The average molecular weight is 243 g/mol. The number of H-pyrrole nitrogens is 1. The zero-order valence-electron chi connectivity index (χ0n) is 9.73. The van der Waals surface area contributed by atoms with Gasteiger partial charge in [0, 0.05) is 17.3 Å². The molecular weight excluding hydrogens is 230 g/mol. The van der Waals surface area contributed by atoms with E-state index in [1.807, 2.05) is 0 Å². The van der Waals surface area contributed by atoms with E-state index in [-0.39, 0.29) is 11.3 Å². The fraction of sp³-hybridized carbons (Fsp3) is 0.231. The van der Waals surface area contributed by atoms with Crippen molar-refractivity contribution in [2.75, 3.05) is 5.32 Å². The van der Waals surface area contributed by atoms with Crippen molar-refractivity contribution in [3.05, 3.63) is 45.9 Å². The molecule has 0 spiro atoms. The third-order valence-corrected chi connectivity index (χ3v) is 3.05. The van der Waals surface area contributed by atoms with Gasteiger partial charge < -0.3 is 10.4 Å². The highest BCUT2D eigenvalue weighted by molar-refractivity contribution is 5.55. The molecule has 0 amide bonds. The smallest absolute Gasteiger partial charge is 0.255 e. The van der Waals surface area contributed by atoms with Crippen LogP contribution in [0, 0.1) is 0 Å². The van der Waals surface area contributed by atoms with Crippen molar-refractivity contribution in [3.63, 3.8) is 0 Å². The Morgan fingerprint density at radius 1 is 1.33 bits per heavy atom. The number of aromatic hydroxyl groups is 1. The first kappa shape index (κ1) is 10.8. The predicted molar refractivity (Wildman–Crippen MR) is 68.3 cm³/mol. The highest BCUT2D eigenvalue weighted by atomic mass is 16.3. The first-order chi connectivity index (χ1) is 8.72. The van der Waals surface area contributed by atoms with Gasteiger partial charge >= 0.3 is 0 Å². The second kappa shape index (κ2) is 4.18. The molecule has 1 aliphatic carbocycles. The molecule has 0 fully saturated rings. The van der Waals surface area contributed by atoms with Gasteiger partial charge in [-0.15, -0.1) is 0 Å². The van der Waals surface area contributed by atoms with Gasteiger partial charge in [0.25, 0.3) is 5.56 Å². The molecule has 5 nitrogen and oxygen atoms in total. The van der Waals surface area contributed by atoms with E-state index in [1.165, 1.54) is 0 Å².